The van der Waals surface area contributed by atoms with E-state index in [-0.39, 0.29) is 30.3 Å². The van der Waals surface area contributed by atoms with Crippen LogP contribution in [-0.2, 0) is 25.6 Å². The van der Waals surface area contributed by atoms with Gasteiger partial charge in [-0.2, -0.15) is 0 Å². The van der Waals surface area contributed by atoms with E-state index in [1.54, 1.807) is 17.0 Å². The van der Waals surface area contributed by atoms with Gasteiger partial charge in [0.1, 0.15) is 5.54 Å². The molecule has 31 heavy (non-hydrogen) atoms. The number of hydrogen-bond donors (Lipinski definition) is 1. The van der Waals surface area contributed by atoms with E-state index in [1.165, 1.54) is 4.90 Å². The first-order chi connectivity index (χ1) is 14.9. The zero-order chi connectivity index (χ0) is 21.6. The summed E-state index contributed by atoms with van der Waals surface area (Å²) in [5.74, 6) is -0.809. The van der Waals surface area contributed by atoms with E-state index in [0.29, 0.717) is 63.4 Å². The summed E-state index contributed by atoms with van der Waals surface area (Å²) in [6.45, 7) is 2.42. The number of hydrogen-bond acceptors (Lipinski definition) is 5. The molecule has 9 heteroatoms. The minimum Gasteiger partial charge on any atom is -0.348 e. The molecule has 1 N–H and O–H groups in total. The molecule has 4 aliphatic rings. The number of ether oxygens (including phenoxy) is 2. The summed E-state index contributed by atoms with van der Waals surface area (Å²) < 4.78 is 11.5. The van der Waals surface area contributed by atoms with Gasteiger partial charge in [-0.3, -0.25) is 14.5 Å². The van der Waals surface area contributed by atoms with Crippen molar-refractivity contribution in [2.24, 2.45) is 5.92 Å². The topological polar surface area (TPSA) is 88.2 Å². The van der Waals surface area contributed by atoms with Crippen molar-refractivity contribution < 1.29 is 23.9 Å². The van der Waals surface area contributed by atoms with Gasteiger partial charge < -0.3 is 19.7 Å². The molecule has 3 saturated heterocycles. The van der Waals surface area contributed by atoms with Gasteiger partial charge in [0, 0.05) is 49.8 Å². The highest BCUT2D eigenvalue weighted by molar-refractivity contribution is 6.30. The third-order valence-electron chi connectivity index (χ3n) is 6.95. The normalized spacial score (nSPS) is 27.0. The lowest BCUT2D eigenvalue weighted by molar-refractivity contribution is -0.186. The molecule has 5 rings (SSSR count). The highest BCUT2D eigenvalue weighted by Gasteiger charge is 2.56. The van der Waals surface area contributed by atoms with E-state index in [2.05, 4.69) is 5.32 Å². The molecule has 0 bridgehead atoms. The van der Waals surface area contributed by atoms with Gasteiger partial charge >= 0.3 is 6.03 Å². The summed E-state index contributed by atoms with van der Waals surface area (Å²) in [5.41, 5.74) is 0.128. The molecular formula is C22H26ClN3O5. The monoisotopic (exact) mass is 447 g/mol. The Morgan fingerprint density at radius 1 is 1.03 bits per heavy atom. The first-order valence-electron chi connectivity index (χ1n) is 10.8. The minimum atomic E-state index is -0.872. The van der Waals surface area contributed by atoms with Crippen LogP contribution in [-0.4, -0.2) is 65.3 Å². The first kappa shape index (κ1) is 20.7. The quantitative estimate of drug-likeness (QED) is 0.715. The second kappa shape index (κ2) is 7.76. The Labute approximate surface area is 185 Å². The van der Waals surface area contributed by atoms with Crippen LogP contribution in [0, 0.1) is 5.92 Å². The first-order valence-corrected chi connectivity index (χ1v) is 11.2. The Morgan fingerprint density at radius 2 is 1.71 bits per heavy atom. The third kappa shape index (κ3) is 3.81. The van der Waals surface area contributed by atoms with Gasteiger partial charge in [-0.05, 0) is 30.5 Å². The Balaban J connectivity index is 1.20. The van der Waals surface area contributed by atoms with Crippen molar-refractivity contribution in [2.75, 3.05) is 26.3 Å². The second-order valence-electron chi connectivity index (χ2n) is 9.01. The molecule has 1 saturated carbocycles. The number of carbonyl (C=O) groups excluding carboxylic acids is 3. The molecule has 4 fully saturated rings. The van der Waals surface area contributed by atoms with E-state index >= 15 is 0 Å². The fourth-order valence-corrected chi connectivity index (χ4v) is 5.35. The van der Waals surface area contributed by atoms with Crippen molar-refractivity contribution >= 4 is 29.4 Å². The number of rotatable bonds is 4. The molecule has 0 radical (unpaired) electrons. The van der Waals surface area contributed by atoms with Gasteiger partial charge in [0.05, 0.1) is 13.2 Å². The van der Waals surface area contributed by atoms with Gasteiger partial charge in [-0.15, -0.1) is 0 Å². The van der Waals surface area contributed by atoms with Crippen molar-refractivity contribution in [3.05, 3.63) is 34.9 Å². The van der Waals surface area contributed by atoms with Crippen LogP contribution in [0.15, 0.2) is 24.3 Å². The highest BCUT2D eigenvalue weighted by atomic mass is 35.5. The fourth-order valence-electron chi connectivity index (χ4n) is 5.22. The van der Waals surface area contributed by atoms with Crippen molar-refractivity contribution in [1.82, 2.24) is 15.1 Å². The van der Waals surface area contributed by atoms with E-state index < -0.39 is 11.3 Å². The largest absolute Gasteiger partial charge is 0.348 e. The molecule has 1 aliphatic carbocycles. The Kier molecular flexibility index (Phi) is 5.19. The number of imide groups is 1. The van der Waals surface area contributed by atoms with Crippen molar-refractivity contribution in [2.45, 2.75) is 50.0 Å². The molecule has 2 spiro atoms. The number of benzene rings is 1. The summed E-state index contributed by atoms with van der Waals surface area (Å²) in [5, 5.41) is 3.59. The summed E-state index contributed by atoms with van der Waals surface area (Å²) in [6, 6.07) is 7.04. The van der Waals surface area contributed by atoms with Crippen LogP contribution in [0.4, 0.5) is 4.79 Å². The predicted octanol–water partition coefficient (Wildman–Crippen LogP) is 2.30. The molecule has 1 unspecified atom stereocenters. The van der Waals surface area contributed by atoms with Crippen molar-refractivity contribution in [1.29, 1.82) is 0 Å². The third-order valence-corrected chi connectivity index (χ3v) is 7.20. The van der Waals surface area contributed by atoms with Crippen molar-refractivity contribution in [3.63, 3.8) is 0 Å². The molecule has 3 heterocycles. The summed E-state index contributed by atoms with van der Waals surface area (Å²) in [6.07, 6.45) is 2.51. The maximum atomic E-state index is 13.2. The average molecular weight is 448 g/mol. The van der Waals surface area contributed by atoms with Gasteiger partial charge in [0.25, 0.3) is 5.91 Å². The summed E-state index contributed by atoms with van der Waals surface area (Å²) in [7, 11) is 0. The standard InChI is InChI=1S/C22H26ClN3O5/c23-17-3-1-15(2-4-17)12-25-13-16(11-18(25)27)14-26-19(28)21(24-20(26)29)5-7-22(8-6-21)30-9-10-31-22/h1-4,16H,5-14H2,(H,24,29). The van der Waals surface area contributed by atoms with Crippen molar-refractivity contribution in [3.8, 4) is 0 Å². The van der Waals surface area contributed by atoms with Crippen LogP contribution in [0.3, 0.4) is 0 Å². The van der Waals surface area contributed by atoms with Gasteiger partial charge in [0.15, 0.2) is 5.79 Å². The second-order valence-corrected chi connectivity index (χ2v) is 9.44. The van der Waals surface area contributed by atoms with Crippen LogP contribution in [0.2, 0.25) is 5.02 Å². The molecule has 166 valence electrons. The molecule has 0 aromatic heterocycles. The van der Waals surface area contributed by atoms with Gasteiger partial charge in [-0.25, -0.2) is 4.79 Å². The number of nitrogens with zero attached hydrogens (tertiary/aromatic N) is 2. The predicted molar refractivity (Wildman–Crippen MR) is 111 cm³/mol. The summed E-state index contributed by atoms with van der Waals surface area (Å²) >= 11 is 5.93. The van der Waals surface area contributed by atoms with Crippen LogP contribution < -0.4 is 5.32 Å². The zero-order valence-electron chi connectivity index (χ0n) is 17.3. The van der Waals surface area contributed by atoms with E-state index in [1.807, 2.05) is 12.1 Å². The maximum Gasteiger partial charge on any atom is 0.325 e. The molecule has 8 nitrogen and oxygen atoms in total. The van der Waals surface area contributed by atoms with Crippen LogP contribution in [0.25, 0.3) is 0 Å². The number of likely N-dealkylation sites (tertiary alicyclic amines) is 1. The highest BCUT2D eigenvalue weighted by Crippen LogP contribution is 2.43. The molecule has 3 aliphatic heterocycles. The molecule has 1 atom stereocenters. The van der Waals surface area contributed by atoms with Gasteiger partial charge in [-0.1, -0.05) is 23.7 Å². The van der Waals surface area contributed by atoms with E-state index in [9.17, 15) is 14.4 Å². The Morgan fingerprint density at radius 3 is 2.39 bits per heavy atom. The summed E-state index contributed by atoms with van der Waals surface area (Å²) in [4.78, 5) is 41.5. The smallest absolute Gasteiger partial charge is 0.325 e. The molecule has 1 aromatic carbocycles. The van der Waals surface area contributed by atoms with E-state index in [4.69, 9.17) is 21.1 Å². The maximum absolute atomic E-state index is 13.2. The number of amides is 4. The lowest BCUT2D eigenvalue weighted by Crippen LogP contribution is -2.53. The van der Waals surface area contributed by atoms with Crippen LogP contribution in [0.5, 0.6) is 0 Å². The van der Waals surface area contributed by atoms with Crippen LogP contribution >= 0.6 is 11.6 Å². The fraction of sp³-hybridized carbons (Fsp3) is 0.591. The van der Waals surface area contributed by atoms with Crippen LogP contribution in [0.1, 0.15) is 37.7 Å². The Bertz CT molecular complexity index is 889. The molecule has 1 aromatic rings. The lowest BCUT2D eigenvalue weighted by atomic mass is 9.78. The number of halogens is 1. The molecular weight excluding hydrogens is 422 g/mol. The number of nitrogens with one attached hydrogen (secondary N) is 1. The minimum absolute atomic E-state index is 0.0388. The van der Waals surface area contributed by atoms with E-state index in [0.717, 1.165) is 5.56 Å². The SMILES string of the molecule is O=C1CC(CN2C(=O)NC3(CCC4(CC3)OCCO4)C2=O)CN1Cc1ccc(Cl)cc1. The lowest BCUT2D eigenvalue weighted by Gasteiger charge is -2.39. The Hall–Kier alpha value is -2.16. The van der Waals surface area contributed by atoms with Gasteiger partial charge in [0.2, 0.25) is 5.91 Å². The zero-order valence-corrected chi connectivity index (χ0v) is 18.0. The molecule has 4 amide bonds. The number of urea groups is 1. The number of carbonyl (C=O) groups is 3. The average Bonchev–Trinajstić information content (AvgIpc) is 3.41.